The predicted molar refractivity (Wildman–Crippen MR) is 135 cm³/mol. The lowest BCUT2D eigenvalue weighted by Crippen LogP contribution is -2.14. The van der Waals surface area contributed by atoms with E-state index in [0.29, 0.717) is 11.3 Å². The fraction of sp³-hybridized carbons (Fsp3) is 0.458. The summed E-state index contributed by atoms with van der Waals surface area (Å²) in [5.74, 6) is 0.326. The Morgan fingerprint density at radius 2 is 2.03 bits per heavy atom. The van der Waals surface area contributed by atoms with E-state index in [1.807, 2.05) is 0 Å². The number of aliphatic hydroxyl groups is 1. The molecular weight excluding hydrogens is 536 g/mol. The zero-order chi connectivity index (χ0) is 27.4. The molecule has 3 heterocycles. The van der Waals surface area contributed by atoms with E-state index in [1.165, 1.54) is 24.5 Å². The lowest BCUT2D eigenvalue weighted by molar-refractivity contribution is -0.196. The number of rotatable bonds is 12. The molecule has 13 nitrogen and oxygen atoms in total. The number of hydrogen-bond acceptors (Lipinski definition) is 11. The summed E-state index contributed by atoms with van der Waals surface area (Å²) in [7, 11) is -3.91. The number of fused-ring (bicyclic) bond motifs is 1. The summed E-state index contributed by atoms with van der Waals surface area (Å²) in [6, 6.07) is 5.70. The van der Waals surface area contributed by atoms with E-state index in [9.17, 15) is 18.9 Å². The highest BCUT2D eigenvalue weighted by Gasteiger charge is 2.35. The van der Waals surface area contributed by atoms with Crippen LogP contribution in [0.1, 0.15) is 31.2 Å². The van der Waals surface area contributed by atoms with Gasteiger partial charge in [-0.2, -0.15) is 4.98 Å². The maximum absolute atomic E-state index is 13.7. The summed E-state index contributed by atoms with van der Waals surface area (Å²) >= 11 is 0. The maximum Gasteiger partial charge on any atom is 0.358 e. The van der Waals surface area contributed by atoms with Gasteiger partial charge in [0.25, 0.3) is 5.56 Å². The summed E-state index contributed by atoms with van der Waals surface area (Å²) in [5.41, 5.74) is 6.03. The number of aromatic nitrogens is 4. The van der Waals surface area contributed by atoms with Gasteiger partial charge in [-0.15, -0.1) is 0 Å². The molecule has 5 rings (SSSR count). The average Bonchev–Trinajstić information content (AvgIpc) is 3.65. The summed E-state index contributed by atoms with van der Waals surface area (Å²) < 4.78 is 56.6. The van der Waals surface area contributed by atoms with Gasteiger partial charge in [-0.05, 0) is 30.5 Å². The molecule has 1 aromatic carbocycles. The summed E-state index contributed by atoms with van der Waals surface area (Å²) in [4.78, 5) is 22.5. The Balaban J connectivity index is 1.25. The van der Waals surface area contributed by atoms with Crippen LogP contribution in [-0.2, 0) is 41.0 Å². The number of aromatic amines is 1. The van der Waals surface area contributed by atoms with Crippen LogP contribution < -0.4 is 11.3 Å². The number of nitrogens with zero attached hydrogens (tertiary/aromatic N) is 3. The van der Waals surface area contributed by atoms with E-state index in [2.05, 4.69) is 15.0 Å². The van der Waals surface area contributed by atoms with Gasteiger partial charge in [0.1, 0.15) is 24.5 Å². The highest BCUT2D eigenvalue weighted by Crippen LogP contribution is 2.50. The number of allylic oxidation sites excluding steroid dienone is 1. The van der Waals surface area contributed by atoms with Crippen LogP contribution in [0.5, 0.6) is 0 Å². The molecule has 0 amide bonds. The second kappa shape index (κ2) is 11.8. The average molecular weight is 565 g/mol. The molecule has 0 radical (unpaired) electrons. The standard InChI is InChI=1S/C24H29FN5O8P/c25-17-7-3-4-15(10-17)11-35-39(33,36-12-18-20(38-24(32)37-18)16-5-1-2-6-16)14-34-9-8-30-13-27-19-21(30)28-23(26)29-22(19)31/h3-4,7,10,13,16,24,32H,1-2,5-6,8-9,11-12,14H2,(H3,26,28,29,31). The largest absolute Gasteiger partial charge is 0.433 e. The van der Waals surface area contributed by atoms with Gasteiger partial charge in [0.05, 0.1) is 19.5 Å². The van der Waals surface area contributed by atoms with Crippen molar-refractivity contribution in [3.05, 3.63) is 63.8 Å². The third kappa shape index (κ3) is 6.65. The number of imidazole rings is 1. The van der Waals surface area contributed by atoms with Crippen molar-refractivity contribution in [2.24, 2.45) is 5.92 Å². The van der Waals surface area contributed by atoms with Gasteiger partial charge in [-0.1, -0.05) is 25.0 Å². The zero-order valence-electron chi connectivity index (χ0n) is 21.0. The molecule has 39 heavy (non-hydrogen) atoms. The lowest BCUT2D eigenvalue weighted by Gasteiger charge is -2.19. The Bertz CT molecular complexity index is 1450. The van der Waals surface area contributed by atoms with Crippen molar-refractivity contribution >= 4 is 24.7 Å². The molecule has 15 heteroatoms. The number of H-pyrrole nitrogens is 1. The first-order chi connectivity index (χ1) is 18.8. The van der Waals surface area contributed by atoms with Gasteiger partial charge in [-0.3, -0.25) is 18.9 Å². The van der Waals surface area contributed by atoms with E-state index in [-0.39, 0.29) is 55.2 Å². The second-order valence-corrected chi connectivity index (χ2v) is 11.2. The van der Waals surface area contributed by atoms with Gasteiger partial charge >= 0.3 is 14.1 Å². The molecule has 0 bridgehead atoms. The van der Waals surface area contributed by atoms with Crippen LogP contribution in [0.3, 0.4) is 0 Å². The molecule has 0 saturated heterocycles. The minimum absolute atomic E-state index is 0.0465. The molecule has 4 N–H and O–H groups in total. The molecule has 2 aliphatic rings. The first-order valence-corrected chi connectivity index (χ1v) is 14.2. The van der Waals surface area contributed by atoms with Crippen LogP contribution in [0.15, 0.2) is 46.9 Å². The Morgan fingerprint density at radius 3 is 2.82 bits per heavy atom. The first-order valence-electron chi connectivity index (χ1n) is 12.4. The maximum atomic E-state index is 13.7. The minimum Gasteiger partial charge on any atom is -0.433 e. The van der Waals surface area contributed by atoms with E-state index in [4.69, 9.17) is 29.0 Å². The topological polar surface area (TPSA) is 173 Å². The third-order valence-electron chi connectivity index (χ3n) is 6.40. The van der Waals surface area contributed by atoms with Gasteiger partial charge in [-0.25, -0.2) is 9.37 Å². The molecule has 1 saturated carbocycles. The van der Waals surface area contributed by atoms with Gasteiger partial charge in [0.15, 0.2) is 16.9 Å². The van der Waals surface area contributed by atoms with Crippen molar-refractivity contribution < 1.29 is 37.3 Å². The fourth-order valence-corrected chi connectivity index (χ4v) is 5.77. The van der Waals surface area contributed by atoms with Crippen LogP contribution in [0, 0.1) is 11.7 Å². The first kappa shape index (κ1) is 27.3. The van der Waals surface area contributed by atoms with Crippen LogP contribution >= 0.6 is 7.60 Å². The number of halogens is 1. The Kier molecular flexibility index (Phi) is 8.29. The number of nitrogen functional groups attached to an aromatic ring is 1. The van der Waals surface area contributed by atoms with Crippen molar-refractivity contribution in [2.45, 2.75) is 45.3 Å². The Hall–Kier alpha value is -3.29. The quantitative estimate of drug-likeness (QED) is 0.218. The van der Waals surface area contributed by atoms with Crippen LogP contribution in [-0.4, -0.2) is 50.7 Å². The molecule has 3 aromatic rings. The molecule has 2 unspecified atom stereocenters. The molecule has 1 aliphatic heterocycles. The fourth-order valence-electron chi connectivity index (χ4n) is 4.54. The normalized spacial score (nSPS) is 19.4. The van der Waals surface area contributed by atoms with E-state index < -0.39 is 31.8 Å². The number of nitrogens with two attached hydrogens (primary N) is 1. The second-order valence-electron chi connectivity index (χ2n) is 9.20. The van der Waals surface area contributed by atoms with Crippen LogP contribution in [0.4, 0.5) is 10.3 Å². The number of nitrogens with one attached hydrogen (secondary N) is 1. The molecule has 2 atom stereocenters. The van der Waals surface area contributed by atoms with Crippen molar-refractivity contribution in [3.8, 4) is 0 Å². The van der Waals surface area contributed by atoms with Crippen molar-refractivity contribution in [1.29, 1.82) is 0 Å². The summed E-state index contributed by atoms with van der Waals surface area (Å²) in [6.07, 6.45) is 4.84. The van der Waals surface area contributed by atoms with Gasteiger partial charge in [0, 0.05) is 12.5 Å². The molecule has 2 aromatic heterocycles. The van der Waals surface area contributed by atoms with E-state index in [0.717, 1.165) is 25.7 Å². The number of ether oxygens (including phenoxy) is 3. The van der Waals surface area contributed by atoms with Crippen molar-refractivity contribution in [2.75, 3.05) is 25.3 Å². The van der Waals surface area contributed by atoms with Crippen molar-refractivity contribution in [1.82, 2.24) is 19.5 Å². The highest BCUT2D eigenvalue weighted by molar-refractivity contribution is 7.53. The Morgan fingerprint density at radius 1 is 1.23 bits per heavy atom. The van der Waals surface area contributed by atoms with E-state index >= 15 is 0 Å². The number of benzene rings is 1. The van der Waals surface area contributed by atoms with Gasteiger partial charge in [0.2, 0.25) is 5.95 Å². The smallest absolute Gasteiger partial charge is 0.358 e. The molecule has 1 fully saturated rings. The summed E-state index contributed by atoms with van der Waals surface area (Å²) in [5, 5.41) is 9.87. The zero-order valence-corrected chi connectivity index (χ0v) is 21.8. The Labute approximate surface area is 222 Å². The number of hydrogen-bond donors (Lipinski definition) is 3. The molecular formula is C24H29FN5O8P. The number of anilines is 1. The number of aliphatic hydroxyl groups excluding tert-OH is 1. The SMILES string of the molecule is Nc1nc2c(ncn2CCOCP(=O)(OCC2=C(C3CCCC3)OC(O)O2)OCc2cccc(F)c2)c(=O)[nH]1. The third-order valence-corrected chi connectivity index (χ3v) is 7.94. The molecule has 210 valence electrons. The summed E-state index contributed by atoms with van der Waals surface area (Å²) in [6.45, 7) is -1.65. The minimum atomic E-state index is -3.91. The van der Waals surface area contributed by atoms with Crippen molar-refractivity contribution in [3.63, 3.8) is 0 Å². The van der Waals surface area contributed by atoms with Crippen LogP contribution in [0.2, 0.25) is 0 Å². The van der Waals surface area contributed by atoms with Gasteiger partial charge < -0.3 is 34.1 Å². The molecule has 0 spiro atoms. The monoisotopic (exact) mass is 565 g/mol. The van der Waals surface area contributed by atoms with E-state index in [1.54, 1.807) is 10.6 Å². The molecule has 1 aliphatic carbocycles. The lowest BCUT2D eigenvalue weighted by atomic mass is 10.1. The predicted octanol–water partition coefficient (Wildman–Crippen LogP) is 2.97. The highest BCUT2D eigenvalue weighted by atomic mass is 31.2. The van der Waals surface area contributed by atoms with Crippen LogP contribution in [0.25, 0.3) is 11.2 Å².